The van der Waals surface area contributed by atoms with E-state index in [-0.39, 0.29) is 5.41 Å². The smallest absolute Gasteiger partial charge is 0.0975 e. The van der Waals surface area contributed by atoms with Crippen LogP contribution in [0.4, 0.5) is 0 Å². The van der Waals surface area contributed by atoms with Gasteiger partial charge in [-0.15, -0.1) is 11.3 Å². The Labute approximate surface area is 140 Å². The molecule has 1 aromatic carbocycles. The molecule has 2 rings (SSSR count). The van der Waals surface area contributed by atoms with Gasteiger partial charge in [0.2, 0.25) is 0 Å². The first-order valence-corrected chi connectivity index (χ1v) is 8.46. The second-order valence-corrected chi connectivity index (χ2v) is 8.07. The third-order valence-corrected chi connectivity index (χ3v) is 4.92. The van der Waals surface area contributed by atoms with E-state index in [2.05, 4.69) is 26.1 Å². The van der Waals surface area contributed by atoms with Gasteiger partial charge < -0.3 is 5.32 Å². The van der Waals surface area contributed by atoms with E-state index >= 15 is 0 Å². The van der Waals surface area contributed by atoms with Crippen molar-refractivity contribution in [1.29, 1.82) is 0 Å². The largest absolute Gasteiger partial charge is 0.315 e. The molecule has 21 heavy (non-hydrogen) atoms. The molecular formula is C16H20Cl2N2S. The molecule has 1 N–H and O–H groups in total. The van der Waals surface area contributed by atoms with Gasteiger partial charge >= 0.3 is 0 Å². The van der Waals surface area contributed by atoms with E-state index in [1.54, 1.807) is 11.3 Å². The molecule has 1 aromatic heterocycles. The van der Waals surface area contributed by atoms with Crippen LogP contribution in [0.15, 0.2) is 18.2 Å². The fourth-order valence-corrected chi connectivity index (χ4v) is 3.81. The zero-order chi connectivity index (χ0) is 15.6. The van der Waals surface area contributed by atoms with Gasteiger partial charge in [-0.05, 0) is 24.7 Å². The summed E-state index contributed by atoms with van der Waals surface area (Å²) in [4.78, 5) is 6.16. The maximum atomic E-state index is 6.08. The zero-order valence-corrected chi connectivity index (χ0v) is 15.1. The maximum absolute atomic E-state index is 6.08. The zero-order valence-electron chi connectivity index (χ0n) is 12.8. The van der Waals surface area contributed by atoms with Crippen molar-refractivity contribution in [2.24, 2.45) is 0 Å². The molecule has 0 fully saturated rings. The Hall–Kier alpha value is -0.610. The summed E-state index contributed by atoms with van der Waals surface area (Å²) in [5.74, 6) is 0. The van der Waals surface area contributed by atoms with Crippen LogP contribution >= 0.6 is 34.5 Å². The monoisotopic (exact) mass is 342 g/mol. The third kappa shape index (κ3) is 4.19. The number of rotatable bonds is 4. The van der Waals surface area contributed by atoms with E-state index in [4.69, 9.17) is 28.2 Å². The predicted molar refractivity (Wildman–Crippen MR) is 92.8 cm³/mol. The molecule has 0 bridgehead atoms. The van der Waals surface area contributed by atoms with Crippen LogP contribution < -0.4 is 5.32 Å². The minimum Gasteiger partial charge on any atom is -0.315 e. The van der Waals surface area contributed by atoms with Crippen LogP contribution in [0.5, 0.6) is 0 Å². The fourth-order valence-electron chi connectivity index (χ4n) is 2.17. The van der Waals surface area contributed by atoms with E-state index in [1.807, 2.05) is 25.2 Å². The summed E-state index contributed by atoms with van der Waals surface area (Å²) >= 11 is 13.8. The van der Waals surface area contributed by atoms with Crippen LogP contribution in [0.1, 0.15) is 41.9 Å². The SMILES string of the molecule is CNCc1sc(Cc2ccc(Cl)c(Cl)c2)nc1C(C)(C)C. The Balaban J connectivity index is 2.30. The van der Waals surface area contributed by atoms with Crippen LogP contribution in [0.25, 0.3) is 0 Å². The Morgan fingerprint density at radius 3 is 2.48 bits per heavy atom. The van der Waals surface area contributed by atoms with Crippen molar-refractivity contribution in [2.75, 3.05) is 7.05 Å². The summed E-state index contributed by atoms with van der Waals surface area (Å²) in [7, 11) is 1.96. The number of hydrogen-bond donors (Lipinski definition) is 1. The van der Waals surface area contributed by atoms with Crippen LogP contribution in [0, 0.1) is 0 Å². The molecule has 2 aromatic rings. The Bertz CT molecular complexity index is 630. The van der Waals surface area contributed by atoms with Crippen LogP contribution in [0.3, 0.4) is 0 Å². The number of benzene rings is 1. The van der Waals surface area contributed by atoms with Crippen LogP contribution in [-0.2, 0) is 18.4 Å². The van der Waals surface area contributed by atoms with Crippen molar-refractivity contribution < 1.29 is 0 Å². The van der Waals surface area contributed by atoms with Gasteiger partial charge in [-0.2, -0.15) is 0 Å². The van der Waals surface area contributed by atoms with Crippen LogP contribution in [0.2, 0.25) is 10.0 Å². The van der Waals surface area contributed by atoms with Gasteiger partial charge in [0.05, 0.1) is 20.7 Å². The summed E-state index contributed by atoms with van der Waals surface area (Å²) in [6, 6.07) is 5.76. The van der Waals surface area contributed by atoms with Crippen LogP contribution in [-0.4, -0.2) is 12.0 Å². The number of halogens is 2. The fraction of sp³-hybridized carbons (Fsp3) is 0.438. The highest BCUT2D eigenvalue weighted by Gasteiger charge is 2.22. The van der Waals surface area contributed by atoms with Crippen molar-refractivity contribution in [2.45, 2.75) is 39.2 Å². The predicted octanol–water partition coefficient (Wildman–Crippen LogP) is 5.06. The van der Waals surface area contributed by atoms with E-state index in [0.717, 1.165) is 23.5 Å². The molecule has 0 aliphatic heterocycles. The molecule has 0 amide bonds. The van der Waals surface area contributed by atoms with Gasteiger partial charge in [0, 0.05) is 23.3 Å². The Morgan fingerprint density at radius 2 is 1.90 bits per heavy atom. The second-order valence-electron chi connectivity index (χ2n) is 6.08. The molecule has 1 heterocycles. The molecule has 114 valence electrons. The molecule has 0 saturated heterocycles. The lowest BCUT2D eigenvalue weighted by Gasteiger charge is -2.17. The average molecular weight is 343 g/mol. The van der Waals surface area contributed by atoms with Crippen molar-refractivity contribution in [3.8, 4) is 0 Å². The molecule has 0 unspecified atom stereocenters. The molecule has 2 nitrogen and oxygen atoms in total. The third-order valence-electron chi connectivity index (χ3n) is 3.13. The molecule has 0 aliphatic rings. The summed E-state index contributed by atoms with van der Waals surface area (Å²) in [6.45, 7) is 7.45. The van der Waals surface area contributed by atoms with Crippen molar-refractivity contribution in [3.05, 3.63) is 49.4 Å². The highest BCUT2D eigenvalue weighted by molar-refractivity contribution is 7.11. The molecule has 0 atom stereocenters. The lowest BCUT2D eigenvalue weighted by molar-refractivity contribution is 0.561. The minimum atomic E-state index is 0.0541. The maximum Gasteiger partial charge on any atom is 0.0975 e. The number of thiazole rings is 1. The first-order chi connectivity index (χ1) is 9.81. The van der Waals surface area contributed by atoms with Gasteiger partial charge in [0.15, 0.2) is 0 Å². The van der Waals surface area contributed by atoms with Crippen molar-refractivity contribution in [1.82, 2.24) is 10.3 Å². The highest BCUT2D eigenvalue weighted by Crippen LogP contribution is 2.31. The van der Waals surface area contributed by atoms with Gasteiger partial charge in [0.1, 0.15) is 0 Å². The Kier molecular flexibility index (Phi) is 5.31. The number of aromatic nitrogens is 1. The van der Waals surface area contributed by atoms with Crippen molar-refractivity contribution >= 4 is 34.5 Å². The summed E-state index contributed by atoms with van der Waals surface area (Å²) < 4.78 is 0. The number of nitrogens with one attached hydrogen (secondary N) is 1. The Morgan fingerprint density at radius 1 is 1.19 bits per heavy atom. The molecule has 0 spiro atoms. The molecule has 5 heteroatoms. The molecule has 0 saturated carbocycles. The van der Waals surface area contributed by atoms with Gasteiger partial charge in [-0.25, -0.2) is 4.98 Å². The normalized spacial score (nSPS) is 11.9. The minimum absolute atomic E-state index is 0.0541. The summed E-state index contributed by atoms with van der Waals surface area (Å²) in [5, 5.41) is 5.52. The van der Waals surface area contributed by atoms with Crippen molar-refractivity contribution in [3.63, 3.8) is 0 Å². The van der Waals surface area contributed by atoms with Gasteiger partial charge in [-0.3, -0.25) is 0 Å². The summed E-state index contributed by atoms with van der Waals surface area (Å²) in [6.07, 6.45) is 0.786. The lowest BCUT2D eigenvalue weighted by Crippen LogP contribution is -2.16. The average Bonchev–Trinajstić information content (AvgIpc) is 2.77. The standard InChI is InChI=1S/C16H20Cl2N2S/c1-16(2,3)15-13(9-19-4)21-14(20-15)8-10-5-6-11(17)12(18)7-10/h5-7,19H,8-9H2,1-4H3. The van der Waals surface area contributed by atoms with E-state index in [1.165, 1.54) is 10.6 Å². The quantitative estimate of drug-likeness (QED) is 0.839. The molecule has 0 radical (unpaired) electrons. The van der Waals surface area contributed by atoms with Gasteiger partial charge in [0.25, 0.3) is 0 Å². The molecule has 0 aliphatic carbocycles. The van der Waals surface area contributed by atoms with E-state index in [0.29, 0.717) is 10.0 Å². The summed E-state index contributed by atoms with van der Waals surface area (Å²) in [5.41, 5.74) is 2.37. The topological polar surface area (TPSA) is 24.9 Å². The lowest BCUT2D eigenvalue weighted by atomic mass is 9.91. The highest BCUT2D eigenvalue weighted by atomic mass is 35.5. The van der Waals surface area contributed by atoms with Gasteiger partial charge in [-0.1, -0.05) is 50.0 Å². The second kappa shape index (κ2) is 6.66. The first-order valence-electron chi connectivity index (χ1n) is 6.89. The number of hydrogen-bond acceptors (Lipinski definition) is 3. The number of nitrogens with zero attached hydrogens (tertiary/aromatic N) is 1. The first kappa shape index (κ1) is 16.8. The molecular weight excluding hydrogens is 323 g/mol. The van der Waals surface area contributed by atoms with E-state index in [9.17, 15) is 0 Å². The van der Waals surface area contributed by atoms with E-state index < -0.39 is 0 Å².